The Balaban J connectivity index is 3.10. The van der Waals surface area contributed by atoms with E-state index in [4.69, 9.17) is 4.74 Å². The normalized spacial score (nSPS) is 8.82. The van der Waals surface area contributed by atoms with Crippen LogP contribution in [-0.2, 0) is 9.47 Å². The van der Waals surface area contributed by atoms with Crippen molar-refractivity contribution in [3.05, 3.63) is 12.8 Å². The molecule has 0 aromatic carbocycles. The van der Waals surface area contributed by atoms with E-state index < -0.39 is 6.09 Å². The Morgan fingerprint density at radius 2 is 2.45 bits per heavy atom. The predicted molar refractivity (Wildman–Crippen MR) is 41.2 cm³/mol. The van der Waals surface area contributed by atoms with E-state index in [0.29, 0.717) is 13.2 Å². The predicted octanol–water partition coefficient (Wildman–Crippen LogP) is 0.893. The highest BCUT2D eigenvalue weighted by molar-refractivity contribution is 5.67. The molecule has 0 aliphatic carbocycles. The summed E-state index contributed by atoms with van der Waals surface area (Å²) in [6, 6.07) is 0. The zero-order valence-corrected chi connectivity index (χ0v) is 6.63. The molecule has 0 bridgehead atoms. The third kappa shape index (κ3) is 6.86. The summed E-state index contributed by atoms with van der Waals surface area (Å²) in [5, 5.41) is 2.51. The van der Waals surface area contributed by atoms with E-state index in [1.54, 1.807) is 7.11 Å². The van der Waals surface area contributed by atoms with Gasteiger partial charge in [0.25, 0.3) is 0 Å². The third-order valence-electron chi connectivity index (χ3n) is 0.985. The maximum absolute atomic E-state index is 10.6. The Kier molecular flexibility index (Phi) is 6.42. The first-order valence-electron chi connectivity index (χ1n) is 3.35. The quantitative estimate of drug-likeness (QED) is 0.478. The number of carbonyl (C=O) groups excluding carboxylic acids is 1. The lowest BCUT2D eigenvalue weighted by Crippen LogP contribution is -2.24. The maximum Gasteiger partial charge on any atom is 0.411 e. The van der Waals surface area contributed by atoms with Crippen LogP contribution in [0, 0.1) is 0 Å². The summed E-state index contributed by atoms with van der Waals surface area (Å²) in [6.45, 7) is 4.43. The number of carbonyl (C=O) groups is 1. The van der Waals surface area contributed by atoms with E-state index in [-0.39, 0.29) is 0 Å². The number of hydrogen-bond donors (Lipinski definition) is 1. The van der Waals surface area contributed by atoms with Gasteiger partial charge in [-0.25, -0.2) is 4.79 Å². The van der Waals surface area contributed by atoms with Gasteiger partial charge in [0.1, 0.15) is 0 Å². The van der Waals surface area contributed by atoms with Gasteiger partial charge < -0.3 is 14.8 Å². The van der Waals surface area contributed by atoms with Crippen molar-refractivity contribution in [2.75, 3.05) is 20.3 Å². The molecule has 0 atom stereocenters. The standard InChI is InChI=1S/C7H13NO3/c1-3-11-7(9)8-5-4-6-10-2/h3H,1,4-6H2,2H3,(H,8,9). The molecule has 0 heterocycles. The van der Waals surface area contributed by atoms with Crippen LogP contribution in [-0.4, -0.2) is 26.4 Å². The summed E-state index contributed by atoms with van der Waals surface area (Å²) in [7, 11) is 1.61. The summed E-state index contributed by atoms with van der Waals surface area (Å²) in [5.41, 5.74) is 0. The minimum absolute atomic E-state index is 0.476. The molecular weight excluding hydrogens is 146 g/mol. The van der Waals surface area contributed by atoms with Gasteiger partial charge >= 0.3 is 6.09 Å². The molecule has 0 radical (unpaired) electrons. The van der Waals surface area contributed by atoms with Crippen molar-refractivity contribution in [3.8, 4) is 0 Å². The van der Waals surface area contributed by atoms with Crippen molar-refractivity contribution in [1.82, 2.24) is 5.32 Å². The second-order valence-electron chi connectivity index (χ2n) is 1.85. The van der Waals surface area contributed by atoms with E-state index in [9.17, 15) is 4.79 Å². The maximum atomic E-state index is 10.6. The molecule has 0 aromatic rings. The second kappa shape index (κ2) is 7.08. The molecule has 0 aromatic heterocycles. The zero-order valence-electron chi connectivity index (χ0n) is 6.63. The van der Waals surface area contributed by atoms with Gasteiger partial charge in [-0.1, -0.05) is 6.58 Å². The minimum Gasteiger partial charge on any atom is -0.419 e. The molecule has 0 unspecified atom stereocenters. The van der Waals surface area contributed by atoms with E-state index >= 15 is 0 Å². The van der Waals surface area contributed by atoms with Gasteiger partial charge in [-0.05, 0) is 6.42 Å². The summed E-state index contributed by atoms with van der Waals surface area (Å²) in [4.78, 5) is 10.6. The topological polar surface area (TPSA) is 47.6 Å². The van der Waals surface area contributed by atoms with Crippen LogP contribution < -0.4 is 5.32 Å². The molecule has 0 spiro atoms. The van der Waals surface area contributed by atoms with Crippen molar-refractivity contribution in [2.24, 2.45) is 0 Å². The summed E-state index contributed by atoms with van der Waals surface area (Å²) >= 11 is 0. The number of ether oxygens (including phenoxy) is 2. The fourth-order valence-corrected chi connectivity index (χ4v) is 0.524. The lowest BCUT2D eigenvalue weighted by molar-refractivity contribution is 0.177. The van der Waals surface area contributed by atoms with Crippen LogP contribution in [0.25, 0.3) is 0 Å². The number of hydrogen-bond acceptors (Lipinski definition) is 3. The average molecular weight is 159 g/mol. The molecule has 4 heteroatoms. The van der Waals surface area contributed by atoms with Gasteiger partial charge in [0.2, 0.25) is 0 Å². The number of amides is 1. The van der Waals surface area contributed by atoms with Gasteiger partial charge in [0.15, 0.2) is 0 Å². The molecule has 1 N–H and O–H groups in total. The fourth-order valence-electron chi connectivity index (χ4n) is 0.524. The third-order valence-corrected chi connectivity index (χ3v) is 0.985. The molecule has 0 aliphatic rings. The first-order chi connectivity index (χ1) is 5.31. The van der Waals surface area contributed by atoms with Crippen molar-refractivity contribution < 1.29 is 14.3 Å². The highest BCUT2D eigenvalue weighted by Gasteiger charge is 1.95. The van der Waals surface area contributed by atoms with Crippen molar-refractivity contribution in [2.45, 2.75) is 6.42 Å². The number of rotatable bonds is 5. The molecule has 1 amide bonds. The monoisotopic (exact) mass is 159 g/mol. The molecule has 64 valence electrons. The van der Waals surface area contributed by atoms with Crippen LogP contribution in [0.5, 0.6) is 0 Å². The Morgan fingerprint density at radius 3 is 3.00 bits per heavy atom. The number of nitrogens with one attached hydrogen (secondary N) is 1. The van der Waals surface area contributed by atoms with Crippen LogP contribution in [0.1, 0.15) is 6.42 Å². The van der Waals surface area contributed by atoms with Crippen LogP contribution >= 0.6 is 0 Å². The van der Waals surface area contributed by atoms with Crippen LogP contribution in [0.2, 0.25) is 0 Å². The first-order valence-corrected chi connectivity index (χ1v) is 3.35. The number of methoxy groups -OCH3 is 1. The summed E-state index contributed by atoms with van der Waals surface area (Å²) in [6.07, 6.45) is 1.39. The SMILES string of the molecule is C=COC(=O)NCCCOC. The van der Waals surface area contributed by atoms with Crippen molar-refractivity contribution in [3.63, 3.8) is 0 Å². The van der Waals surface area contributed by atoms with Gasteiger partial charge in [0, 0.05) is 20.3 Å². The van der Waals surface area contributed by atoms with Crippen molar-refractivity contribution in [1.29, 1.82) is 0 Å². The highest BCUT2D eigenvalue weighted by atomic mass is 16.5. The van der Waals surface area contributed by atoms with Gasteiger partial charge in [-0.15, -0.1) is 0 Å². The van der Waals surface area contributed by atoms with Gasteiger partial charge in [-0.3, -0.25) is 0 Å². The number of alkyl carbamates (subject to hydrolysis) is 1. The summed E-state index contributed by atoms with van der Waals surface area (Å²) < 4.78 is 9.17. The molecular formula is C7H13NO3. The average Bonchev–Trinajstić information content (AvgIpc) is 1.99. The molecule has 0 saturated heterocycles. The molecule has 4 nitrogen and oxygen atoms in total. The molecule has 0 saturated carbocycles. The summed E-state index contributed by atoms with van der Waals surface area (Å²) in [5.74, 6) is 0. The van der Waals surface area contributed by atoms with E-state index in [0.717, 1.165) is 12.7 Å². The van der Waals surface area contributed by atoms with Gasteiger partial charge in [-0.2, -0.15) is 0 Å². The lowest BCUT2D eigenvalue weighted by Gasteiger charge is -2.01. The van der Waals surface area contributed by atoms with Crippen LogP contribution in [0.3, 0.4) is 0 Å². The van der Waals surface area contributed by atoms with Crippen LogP contribution in [0.4, 0.5) is 4.79 Å². The molecule has 0 rings (SSSR count). The van der Waals surface area contributed by atoms with Crippen LogP contribution in [0.15, 0.2) is 12.8 Å². The second-order valence-corrected chi connectivity index (χ2v) is 1.85. The molecule has 0 aliphatic heterocycles. The first kappa shape index (κ1) is 9.97. The molecule has 0 fully saturated rings. The largest absolute Gasteiger partial charge is 0.419 e. The minimum atomic E-state index is -0.476. The Morgan fingerprint density at radius 1 is 1.73 bits per heavy atom. The van der Waals surface area contributed by atoms with Gasteiger partial charge in [0.05, 0.1) is 6.26 Å². The Hall–Kier alpha value is -1.03. The van der Waals surface area contributed by atoms with E-state index in [1.165, 1.54) is 0 Å². The fraction of sp³-hybridized carbons (Fsp3) is 0.571. The van der Waals surface area contributed by atoms with E-state index in [1.807, 2.05) is 0 Å². The Labute approximate surface area is 66.2 Å². The highest BCUT2D eigenvalue weighted by Crippen LogP contribution is 1.80. The zero-order chi connectivity index (χ0) is 8.53. The Bertz CT molecular complexity index is 125. The van der Waals surface area contributed by atoms with E-state index in [2.05, 4.69) is 16.6 Å². The molecule has 11 heavy (non-hydrogen) atoms. The lowest BCUT2D eigenvalue weighted by atomic mass is 10.4. The van der Waals surface area contributed by atoms with Crippen molar-refractivity contribution >= 4 is 6.09 Å². The smallest absolute Gasteiger partial charge is 0.411 e.